The fourth-order valence-corrected chi connectivity index (χ4v) is 6.46. The molecule has 0 aromatic carbocycles. The number of carbonyl (C=O) groups is 2. The van der Waals surface area contributed by atoms with E-state index in [4.69, 9.17) is 0 Å². The van der Waals surface area contributed by atoms with Crippen LogP contribution in [0.1, 0.15) is 29.6 Å². The minimum absolute atomic E-state index is 0.236. The zero-order valence-corrected chi connectivity index (χ0v) is 16.5. The van der Waals surface area contributed by atoms with Crippen LogP contribution in [0.5, 0.6) is 0 Å². The molecule has 0 radical (unpaired) electrons. The Morgan fingerprint density at radius 3 is 2.69 bits per heavy atom. The highest BCUT2D eigenvalue weighted by atomic mass is 32.2. The van der Waals surface area contributed by atoms with E-state index >= 15 is 0 Å². The lowest BCUT2D eigenvalue weighted by Crippen LogP contribution is -2.49. The van der Waals surface area contributed by atoms with Crippen LogP contribution in [0.25, 0.3) is 0 Å². The van der Waals surface area contributed by atoms with Crippen molar-refractivity contribution in [3.05, 3.63) is 34.5 Å². The van der Waals surface area contributed by atoms with E-state index in [0.29, 0.717) is 23.5 Å². The largest absolute Gasteiger partial charge is 0.355 e. The van der Waals surface area contributed by atoms with Crippen LogP contribution >= 0.6 is 22.7 Å². The summed E-state index contributed by atoms with van der Waals surface area (Å²) in [5.74, 6) is -0.703. The third-order valence-corrected chi connectivity index (χ3v) is 8.30. The Hall–Kier alpha value is -1.75. The molecular weight excluding hydrogens is 394 g/mol. The maximum atomic E-state index is 12.9. The first kappa shape index (κ1) is 19.0. The van der Waals surface area contributed by atoms with E-state index in [1.807, 2.05) is 0 Å². The highest BCUT2D eigenvalue weighted by molar-refractivity contribution is 7.91. The molecule has 2 aromatic heterocycles. The average molecular weight is 414 g/mol. The number of amides is 2. The van der Waals surface area contributed by atoms with Crippen LogP contribution in [-0.4, -0.2) is 44.2 Å². The number of nitrogens with zero attached hydrogens (tertiary/aromatic N) is 1. The summed E-state index contributed by atoms with van der Waals surface area (Å²) in [5, 5.41) is 9.10. The first-order valence-electron chi connectivity index (χ1n) is 8.11. The van der Waals surface area contributed by atoms with Gasteiger partial charge in [-0.3, -0.25) is 9.59 Å². The molecule has 2 N–H and O–H groups in total. The first-order chi connectivity index (χ1) is 12.4. The number of sulfonamides is 1. The molecule has 1 saturated heterocycles. The van der Waals surface area contributed by atoms with E-state index < -0.39 is 22.0 Å². The van der Waals surface area contributed by atoms with E-state index in [-0.39, 0.29) is 10.1 Å². The number of hydrogen-bond donors (Lipinski definition) is 2. The van der Waals surface area contributed by atoms with Crippen molar-refractivity contribution in [2.24, 2.45) is 0 Å². The van der Waals surface area contributed by atoms with Gasteiger partial charge in [-0.25, -0.2) is 8.42 Å². The lowest BCUT2D eigenvalue weighted by atomic mass is 10.0. The Labute approximate surface area is 160 Å². The number of carbonyl (C=O) groups excluding carboxylic acids is 2. The lowest BCUT2D eigenvalue weighted by molar-refractivity contribution is -0.120. The van der Waals surface area contributed by atoms with Gasteiger partial charge in [0.15, 0.2) is 0 Å². The number of rotatable bonds is 5. The zero-order valence-electron chi connectivity index (χ0n) is 14.1. The van der Waals surface area contributed by atoms with Crippen molar-refractivity contribution in [3.8, 4) is 0 Å². The summed E-state index contributed by atoms with van der Waals surface area (Å²) in [7, 11) is -2.19. The molecule has 1 fully saturated rings. The number of hydrogen-bond acceptors (Lipinski definition) is 6. The summed E-state index contributed by atoms with van der Waals surface area (Å²) < 4.78 is 27.3. The van der Waals surface area contributed by atoms with E-state index in [1.54, 1.807) is 29.0 Å². The fraction of sp³-hybridized carbons (Fsp3) is 0.375. The van der Waals surface area contributed by atoms with Crippen LogP contribution in [0, 0.1) is 0 Å². The third kappa shape index (κ3) is 3.68. The highest BCUT2D eigenvalue weighted by Gasteiger charge is 2.38. The molecule has 1 aliphatic rings. The van der Waals surface area contributed by atoms with Crippen molar-refractivity contribution in [1.82, 2.24) is 9.62 Å². The van der Waals surface area contributed by atoms with Gasteiger partial charge in [-0.2, -0.15) is 4.31 Å². The molecule has 2 amide bonds. The van der Waals surface area contributed by atoms with Crippen molar-refractivity contribution >= 4 is 49.5 Å². The summed E-state index contributed by atoms with van der Waals surface area (Å²) >= 11 is 2.37. The average Bonchev–Trinajstić information content (AvgIpc) is 3.33. The Morgan fingerprint density at radius 1 is 1.19 bits per heavy atom. The molecule has 26 heavy (non-hydrogen) atoms. The molecular formula is C16H19N3O4S3. The molecule has 10 heteroatoms. The van der Waals surface area contributed by atoms with E-state index in [0.717, 1.165) is 24.2 Å². The van der Waals surface area contributed by atoms with Gasteiger partial charge in [-0.1, -0.05) is 12.5 Å². The molecule has 140 valence electrons. The van der Waals surface area contributed by atoms with Gasteiger partial charge in [0.05, 0.1) is 5.56 Å². The van der Waals surface area contributed by atoms with Crippen LogP contribution in [0.4, 0.5) is 5.00 Å². The van der Waals surface area contributed by atoms with Crippen LogP contribution < -0.4 is 10.6 Å². The predicted molar refractivity (Wildman–Crippen MR) is 102 cm³/mol. The van der Waals surface area contributed by atoms with Crippen LogP contribution in [0.15, 0.2) is 33.2 Å². The summed E-state index contributed by atoms with van der Waals surface area (Å²) in [6.45, 7) is 0.311. The van der Waals surface area contributed by atoms with E-state index in [2.05, 4.69) is 10.6 Å². The quantitative estimate of drug-likeness (QED) is 0.787. The van der Waals surface area contributed by atoms with Crippen molar-refractivity contribution in [2.45, 2.75) is 29.5 Å². The van der Waals surface area contributed by atoms with Crippen molar-refractivity contribution in [1.29, 1.82) is 0 Å². The number of thiophene rings is 2. The van der Waals surface area contributed by atoms with Crippen molar-refractivity contribution in [2.75, 3.05) is 18.9 Å². The van der Waals surface area contributed by atoms with E-state index in [1.165, 1.54) is 22.7 Å². The monoisotopic (exact) mass is 413 g/mol. The second kappa shape index (κ2) is 7.87. The molecule has 0 aliphatic carbocycles. The normalized spacial score (nSPS) is 18.4. The summed E-state index contributed by atoms with van der Waals surface area (Å²) in [6, 6.07) is 4.07. The van der Waals surface area contributed by atoms with Crippen LogP contribution in [-0.2, 0) is 14.8 Å². The Bertz CT molecular complexity index is 890. The van der Waals surface area contributed by atoms with Gasteiger partial charge in [0.1, 0.15) is 15.3 Å². The number of piperidine rings is 1. The van der Waals surface area contributed by atoms with Crippen molar-refractivity contribution in [3.63, 3.8) is 0 Å². The van der Waals surface area contributed by atoms with Gasteiger partial charge in [0.2, 0.25) is 5.91 Å². The second-order valence-corrected chi connectivity index (χ2v) is 9.77. The molecule has 3 heterocycles. The first-order valence-corrected chi connectivity index (χ1v) is 11.3. The molecule has 7 nitrogen and oxygen atoms in total. The Balaban J connectivity index is 1.83. The van der Waals surface area contributed by atoms with Gasteiger partial charge in [0, 0.05) is 13.6 Å². The fourth-order valence-electron chi connectivity index (χ4n) is 2.90. The second-order valence-electron chi connectivity index (χ2n) is 5.79. The maximum absolute atomic E-state index is 12.9. The molecule has 2 aromatic rings. The van der Waals surface area contributed by atoms with Gasteiger partial charge in [-0.15, -0.1) is 22.7 Å². The number of nitrogens with one attached hydrogen (secondary N) is 2. The van der Waals surface area contributed by atoms with Crippen molar-refractivity contribution < 1.29 is 18.0 Å². The Morgan fingerprint density at radius 2 is 2.00 bits per heavy atom. The molecule has 0 saturated carbocycles. The molecule has 1 atom stereocenters. The summed E-state index contributed by atoms with van der Waals surface area (Å²) in [4.78, 5) is 24.7. The molecule has 3 rings (SSSR count). The minimum atomic E-state index is -3.71. The smallest absolute Gasteiger partial charge is 0.254 e. The summed E-state index contributed by atoms with van der Waals surface area (Å²) in [6.07, 6.45) is 1.95. The molecule has 0 bridgehead atoms. The standard InChI is InChI=1S/C16H19N3O4S3/c1-17-14(20)11-7-10-25-16(11)18-15(21)12-5-2-3-8-19(12)26(22,23)13-6-4-9-24-13/h4,6-7,9-10,12H,2-3,5,8H2,1H3,(H,17,20)(H,18,21)/t12-/m0/s1. The molecule has 0 unspecified atom stereocenters. The highest BCUT2D eigenvalue weighted by Crippen LogP contribution is 2.30. The molecule has 1 aliphatic heterocycles. The SMILES string of the molecule is CNC(=O)c1ccsc1NC(=O)[C@@H]1CCCCN1S(=O)(=O)c1cccs1. The number of anilines is 1. The minimum Gasteiger partial charge on any atom is -0.355 e. The lowest BCUT2D eigenvalue weighted by Gasteiger charge is -2.33. The third-order valence-electron chi connectivity index (χ3n) is 4.19. The predicted octanol–water partition coefficient (Wildman–Crippen LogP) is 2.35. The topological polar surface area (TPSA) is 95.6 Å². The van der Waals surface area contributed by atoms with E-state index in [9.17, 15) is 18.0 Å². The van der Waals surface area contributed by atoms with Crippen LogP contribution in [0.3, 0.4) is 0 Å². The zero-order chi connectivity index (χ0) is 18.7. The van der Waals surface area contributed by atoms with Gasteiger partial charge in [0.25, 0.3) is 15.9 Å². The Kier molecular flexibility index (Phi) is 5.76. The van der Waals surface area contributed by atoms with Gasteiger partial charge < -0.3 is 10.6 Å². The molecule has 0 spiro atoms. The summed E-state index contributed by atoms with van der Waals surface area (Å²) in [5.41, 5.74) is 0.370. The maximum Gasteiger partial charge on any atom is 0.254 e. The van der Waals surface area contributed by atoms with Gasteiger partial charge >= 0.3 is 0 Å². The van der Waals surface area contributed by atoms with Crippen LogP contribution in [0.2, 0.25) is 0 Å². The van der Waals surface area contributed by atoms with Gasteiger partial charge in [-0.05, 0) is 35.7 Å².